The van der Waals surface area contributed by atoms with E-state index in [1.165, 1.54) is 12.1 Å². The minimum absolute atomic E-state index is 0.00161. The van der Waals surface area contributed by atoms with Crippen LogP contribution in [0.25, 0.3) is 0 Å². The quantitative estimate of drug-likeness (QED) is 0.855. The van der Waals surface area contributed by atoms with Crippen molar-refractivity contribution in [2.75, 3.05) is 13.2 Å². The van der Waals surface area contributed by atoms with Crippen molar-refractivity contribution in [2.45, 2.75) is 24.6 Å². The van der Waals surface area contributed by atoms with E-state index in [1.807, 2.05) is 0 Å². The molecule has 0 spiro atoms. The van der Waals surface area contributed by atoms with Gasteiger partial charge in [0.2, 0.25) is 0 Å². The van der Waals surface area contributed by atoms with Crippen LogP contribution >= 0.6 is 11.6 Å². The highest BCUT2D eigenvalue weighted by molar-refractivity contribution is 6.30. The van der Waals surface area contributed by atoms with Gasteiger partial charge in [0.05, 0.1) is 11.2 Å². The molecule has 1 N–H and O–H groups in total. The summed E-state index contributed by atoms with van der Waals surface area (Å²) >= 11 is 5.60. The summed E-state index contributed by atoms with van der Waals surface area (Å²) in [5.74, 6) is 0. The Balaban J connectivity index is 2.49. The Bertz CT molecular complexity index is 439. The number of ether oxygens (including phenoxy) is 1. The molecule has 0 aliphatic carbocycles. The van der Waals surface area contributed by atoms with Crippen LogP contribution in [0.2, 0.25) is 5.02 Å². The zero-order chi connectivity index (χ0) is 13.4. The summed E-state index contributed by atoms with van der Waals surface area (Å²) in [6.07, 6.45) is -4.23. The summed E-state index contributed by atoms with van der Waals surface area (Å²) in [6, 6.07) is 3.46. The molecular weight excluding hydrogens is 269 g/mol. The molecule has 1 aliphatic rings. The zero-order valence-electron chi connectivity index (χ0n) is 9.43. The smallest absolute Gasteiger partial charge is 0.385 e. The lowest BCUT2D eigenvalue weighted by Crippen LogP contribution is -2.35. The SMILES string of the molecule is OC1(c2ccc(Cl)cc2C(F)(F)F)CCOCC1. The maximum Gasteiger partial charge on any atom is 0.416 e. The third kappa shape index (κ3) is 2.63. The van der Waals surface area contributed by atoms with Crippen molar-refractivity contribution < 1.29 is 23.0 Å². The third-order valence-electron chi connectivity index (χ3n) is 3.11. The molecule has 0 atom stereocenters. The molecule has 100 valence electrons. The second-order valence-electron chi connectivity index (χ2n) is 4.33. The Labute approximate surface area is 107 Å². The number of halogens is 4. The molecule has 18 heavy (non-hydrogen) atoms. The fourth-order valence-electron chi connectivity index (χ4n) is 2.14. The van der Waals surface area contributed by atoms with Crippen molar-refractivity contribution in [3.05, 3.63) is 34.3 Å². The molecule has 0 aromatic heterocycles. The molecule has 1 aromatic rings. The summed E-state index contributed by atoms with van der Waals surface area (Å²) in [5, 5.41) is 10.4. The maximum absolute atomic E-state index is 13.0. The first-order valence-corrected chi connectivity index (χ1v) is 5.88. The van der Waals surface area contributed by atoms with Gasteiger partial charge in [-0.3, -0.25) is 0 Å². The van der Waals surface area contributed by atoms with Crippen molar-refractivity contribution >= 4 is 11.6 Å². The summed E-state index contributed by atoms with van der Waals surface area (Å²) in [4.78, 5) is 0. The minimum atomic E-state index is -4.53. The van der Waals surface area contributed by atoms with E-state index in [-0.39, 0.29) is 36.6 Å². The van der Waals surface area contributed by atoms with Crippen molar-refractivity contribution in [1.82, 2.24) is 0 Å². The Morgan fingerprint density at radius 2 is 1.83 bits per heavy atom. The van der Waals surface area contributed by atoms with Gasteiger partial charge in [-0.15, -0.1) is 0 Å². The fourth-order valence-corrected chi connectivity index (χ4v) is 2.31. The van der Waals surface area contributed by atoms with Gasteiger partial charge in [0.25, 0.3) is 0 Å². The summed E-state index contributed by atoms with van der Waals surface area (Å²) < 4.78 is 43.9. The number of hydrogen-bond donors (Lipinski definition) is 1. The van der Waals surface area contributed by atoms with Gasteiger partial charge in [-0.05, 0) is 17.7 Å². The lowest BCUT2D eigenvalue weighted by Gasteiger charge is -2.34. The van der Waals surface area contributed by atoms with Gasteiger partial charge in [-0.1, -0.05) is 17.7 Å². The average Bonchev–Trinajstić information content (AvgIpc) is 2.28. The van der Waals surface area contributed by atoms with Gasteiger partial charge in [0.1, 0.15) is 0 Å². The number of rotatable bonds is 1. The van der Waals surface area contributed by atoms with E-state index in [0.29, 0.717) is 0 Å². The van der Waals surface area contributed by atoms with Crippen LogP contribution in [0.3, 0.4) is 0 Å². The van der Waals surface area contributed by atoms with Crippen molar-refractivity contribution in [3.63, 3.8) is 0 Å². The molecule has 1 heterocycles. The fraction of sp³-hybridized carbons (Fsp3) is 0.500. The van der Waals surface area contributed by atoms with Crippen molar-refractivity contribution in [3.8, 4) is 0 Å². The Kier molecular flexibility index (Phi) is 3.58. The molecule has 2 rings (SSSR count). The monoisotopic (exact) mass is 280 g/mol. The van der Waals surface area contributed by atoms with Crippen LogP contribution in [0.1, 0.15) is 24.0 Å². The summed E-state index contributed by atoms with van der Waals surface area (Å²) in [7, 11) is 0. The average molecular weight is 281 g/mol. The predicted octanol–water partition coefficient (Wildman–Crippen LogP) is 3.36. The highest BCUT2D eigenvalue weighted by Gasteiger charge is 2.41. The van der Waals surface area contributed by atoms with E-state index in [2.05, 4.69) is 0 Å². The number of benzene rings is 1. The van der Waals surface area contributed by atoms with E-state index in [9.17, 15) is 18.3 Å². The molecule has 1 aromatic carbocycles. The van der Waals surface area contributed by atoms with E-state index < -0.39 is 17.3 Å². The largest absolute Gasteiger partial charge is 0.416 e. The number of alkyl halides is 3. The molecule has 0 unspecified atom stereocenters. The second-order valence-corrected chi connectivity index (χ2v) is 4.77. The molecule has 1 fully saturated rings. The molecule has 1 saturated heterocycles. The minimum Gasteiger partial charge on any atom is -0.385 e. The molecule has 0 saturated carbocycles. The Morgan fingerprint density at radius 1 is 1.22 bits per heavy atom. The van der Waals surface area contributed by atoms with Crippen LogP contribution in [0.5, 0.6) is 0 Å². The molecule has 2 nitrogen and oxygen atoms in total. The second kappa shape index (κ2) is 4.72. The lowest BCUT2D eigenvalue weighted by atomic mass is 9.83. The normalized spacial score (nSPS) is 19.8. The first-order chi connectivity index (χ1) is 8.33. The Hall–Kier alpha value is -0.780. The summed E-state index contributed by atoms with van der Waals surface area (Å²) in [6.45, 7) is 0.493. The third-order valence-corrected chi connectivity index (χ3v) is 3.34. The van der Waals surface area contributed by atoms with Gasteiger partial charge in [0.15, 0.2) is 0 Å². The molecule has 1 aliphatic heterocycles. The molecule has 0 amide bonds. The van der Waals surface area contributed by atoms with Crippen LogP contribution in [0, 0.1) is 0 Å². The van der Waals surface area contributed by atoms with Gasteiger partial charge in [0, 0.05) is 31.1 Å². The van der Waals surface area contributed by atoms with Crippen LogP contribution in [-0.2, 0) is 16.5 Å². The van der Waals surface area contributed by atoms with Crippen molar-refractivity contribution in [2.24, 2.45) is 0 Å². The lowest BCUT2D eigenvalue weighted by molar-refractivity contribution is -0.143. The van der Waals surface area contributed by atoms with E-state index >= 15 is 0 Å². The van der Waals surface area contributed by atoms with Gasteiger partial charge >= 0.3 is 6.18 Å². The Morgan fingerprint density at radius 3 is 2.39 bits per heavy atom. The van der Waals surface area contributed by atoms with E-state index in [4.69, 9.17) is 16.3 Å². The van der Waals surface area contributed by atoms with Crippen molar-refractivity contribution in [1.29, 1.82) is 0 Å². The van der Waals surface area contributed by atoms with Crippen LogP contribution < -0.4 is 0 Å². The topological polar surface area (TPSA) is 29.5 Å². The number of hydrogen-bond acceptors (Lipinski definition) is 2. The standard InChI is InChI=1S/C12H12ClF3O2/c13-8-1-2-9(10(7-8)12(14,15)16)11(17)3-5-18-6-4-11/h1-2,7,17H,3-6H2. The molecule has 6 heteroatoms. The predicted molar refractivity (Wildman–Crippen MR) is 60.4 cm³/mol. The molecule has 0 bridgehead atoms. The highest BCUT2D eigenvalue weighted by Crippen LogP contribution is 2.41. The first kappa shape index (κ1) is 13.6. The maximum atomic E-state index is 13.0. The summed E-state index contributed by atoms with van der Waals surface area (Å²) in [5.41, 5.74) is -2.49. The van der Waals surface area contributed by atoms with Gasteiger partial charge in [-0.2, -0.15) is 13.2 Å². The van der Waals surface area contributed by atoms with E-state index in [1.54, 1.807) is 0 Å². The van der Waals surface area contributed by atoms with Crippen LogP contribution in [-0.4, -0.2) is 18.3 Å². The van der Waals surface area contributed by atoms with Gasteiger partial charge < -0.3 is 9.84 Å². The number of aliphatic hydroxyl groups is 1. The molecular formula is C12H12ClF3O2. The molecule has 0 radical (unpaired) electrons. The van der Waals surface area contributed by atoms with E-state index in [0.717, 1.165) is 6.07 Å². The van der Waals surface area contributed by atoms with Crippen LogP contribution in [0.4, 0.5) is 13.2 Å². The highest BCUT2D eigenvalue weighted by atomic mass is 35.5. The van der Waals surface area contributed by atoms with Crippen LogP contribution in [0.15, 0.2) is 18.2 Å². The zero-order valence-corrected chi connectivity index (χ0v) is 10.2. The van der Waals surface area contributed by atoms with Gasteiger partial charge in [-0.25, -0.2) is 0 Å². The first-order valence-electron chi connectivity index (χ1n) is 5.50.